The molecule has 1 unspecified atom stereocenters. The molecule has 0 aromatic carbocycles. The van der Waals surface area contributed by atoms with Gasteiger partial charge < -0.3 is 19.1 Å². The highest BCUT2D eigenvalue weighted by Gasteiger charge is 2.23. The van der Waals surface area contributed by atoms with Crippen LogP contribution < -0.4 is 5.11 Å². The summed E-state index contributed by atoms with van der Waals surface area (Å²) in [5, 5.41) is 10.8. The van der Waals surface area contributed by atoms with Gasteiger partial charge in [-0.05, 0) is 6.42 Å². The summed E-state index contributed by atoms with van der Waals surface area (Å²) in [5.74, 6) is -2.04. The van der Waals surface area contributed by atoms with Crippen LogP contribution in [0.25, 0.3) is 0 Å². The van der Waals surface area contributed by atoms with Crippen LogP contribution in [-0.4, -0.2) is 56.0 Å². The van der Waals surface area contributed by atoms with E-state index in [2.05, 4.69) is 6.92 Å². The van der Waals surface area contributed by atoms with Crippen molar-refractivity contribution < 1.29 is 28.7 Å². The van der Waals surface area contributed by atoms with E-state index in [4.69, 9.17) is 4.74 Å². The average Bonchev–Trinajstić information content (AvgIpc) is 2.50. The van der Waals surface area contributed by atoms with Crippen molar-refractivity contribution in [3.8, 4) is 0 Å². The molecule has 1 atom stereocenters. The van der Waals surface area contributed by atoms with Gasteiger partial charge in [0.1, 0.15) is 18.7 Å². The van der Waals surface area contributed by atoms with E-state index in [0.717, 1.165) is 19.3 Å². The average molecular weight is 386 g/mol. The maximum Gasteiger partial charge on any atom is 0.313 e. The van der Waals surface area contributed by atoms with Gasteiger partial charge in [0.2, 0.25) is 0 Å². The first-order valence-corrected chi connectivity index (χ1v) is 10.4. The summed E-state index contributed by atoms with van der Waals surface area (Å²) in [6.07, 6.45) is 9.52. The van der Waals surface area contributed by atoms with Crippen LogP contribution in [0.4, 0.5) is 0 Å². The third-order valence-electron chi connectivity index (χ3n) is 4.34. The van der Waals surface area contributed by atoms with E-state index in [-0.39, 0.29) is 18.6 Å². The molecule has 0 saturated heterocycles. The van der Waals surface area contributed by atoms with Gasteiger partial charge in [-0.15, -0.1) is 0 Å². The van der Waals surface area contributed by atoms with Crippen LogP contribution in [0.3, 0.4) is 0 Å². The summed E-state index contributed by atoms with van der Waals surface area (Å²) in [7, 11) is 5.64. The normalized spacial score (nSPS) is 12.6. The summed E-state index contributed by atoms with van der Waals surface area (Å²) < 4.78 is 5.66. The summed E-state index contributed by atoms with van der Waals surface area (Å²) in [6.45, 7) is 2.56. The minimum absolute atomic E-state index is 0.139. The Kier molecular flexibility index (Phi) is 13.8. The summed E-state index contributed by atoms with van der Waals surface area (Å²) in [6, 6.07) is 0. The van der Waals surface area contributed by atoms with Crippen molar-refractivity contribution in [3.05, 3.63) is 0 Å². The SMILES string of the molecule is CCCCCCCCCCCC(=O)CC(=O)OC(CC(=O)[O-])C[N+](C)(C)C. The number of hydrogen-bond acceptors (Lipinski definition) is 5. The zero-order valence-electron chi connectivity index (χ0n) is 17.8. The van der Waals surface area contributed by atoms with Crippen molar-refractivity contribution >= 4 is 17.7 Å². The molecule has 0 spiro atoms. The molecule has 0 radical (unpaired) electrons. The van der Waals surface area contributed by atoms with Gasteiger partial charge in [0.25, 0.3) is 0 Å². The topological polar surface area (TPSA) is 83.5 Å². The van der Waals surface area contributed by atoms with Crippen LogP contribution in [0.2, 0.25) is 0 Å². The molecule has 158 valence electrons. The predicted octanol–water partition coefficient (Wildman–Crippen LogP) is 2.62. The fraction of sp³-hybridized carbons (Fsp3) is 0.857. The predicted molar refractivity (Wildman–Crippen MR) is 104 cm³/mol. The van der Waals surface area contributed by atoms with Crippen molar-refractivity contribution in [2.24, 2.45) is 0 Å². The Morgan fingerprint density at radius 1 is 0.889 bits per heavy atom. The second-order valence-corrected chi connectivity index (χ2v) is 8.45. The minimum Gasteiger partial charge on any atom is -0.550 e. The number of likely N-dealkylation sites (N-methyl/N-ethyl adjacent to an activating group) is 1. The molecular formula is C21H39NO5. The molecular weight excluding hydrogens is 346 g/mol. The number of ether oxygens (including phenoxy) is 1. The smallest absolute Gasteiger partial charge is 0.313 e. The van der Waals surface area contributed by atoms with Crippen molar-refractivity contribution in [2.75, 3.05) is 27.7 Å². The molecule has 0 heterocycles. The molecule has 0 rings (SSSR count). The molecule has 27 heavy (non-hydrogen) atoms. The lowest BCUT2D eigenvalue weighted by atomic mass is 10.0. The van der Waals surface area contributed by atoms with E-state index in [0.29, 0.717) is 17.4 Å². The third-order valence-corrected chi connectivity index (χ3v) is 4.34. The van der Waals surface area contributed by atoms with Gasteiger partial charge >= 0.3 is 5.97 Å². The first-order valence-electron chi connectivity index (χ1n) is 10.4. The number of carbonyl (C=O) groups excluding carboxylic acids is 3. The molecule has 6 heteroatoms. The number of ketones is 1. The molecule has 0 aromatic rings. The molecule has 0 amide bonds. The van der Waals surface area contributed by atoms with Gasteiger partial charge in [-0.25, -0.2) is 0 Å². The molecule has 0 N–H and O–H groups in total. The summed E-state index contributed by atoms with van der Waals surface area (Å²) >= 11 is 0. The fourth-order valence-corrected chi connectivity index (χ4v) is 3.05. The Hall–Kier alpha value is -1.43. The number of quaternary nitrogens is 1. The van der Waals surface area contributed by atoms with Gasteiger partial charge in [0.15, 0.2) is 6.10 Å². The van der Waals surface area contributed by atoms with E-state index in [9.17, 15) is 19.5 Å². The number of nitrogens with zero attached hydrogens (tertiary/aromatic N) is 1. The van der Waals surface area contributed by atoms with Crippen LogP contribution in [0.1, 0.15) is 84.0 Å². The molecule has 0 aromatic heterocycles. The van der Waals surface area contributed by atoms with Gasteiger partial charge in [-0.1, -0.05) is 58.3 Å². The lowest BCUT2D eigenvalue weighted by molar-refractivity contribution is -0.873. The Morgan fingerprint density at radius 2 is 1.41 bits per heavy atom. The van der Waals surface area contributed by atoms with E-state index < -0.39 is 18.0 Å². The number of carboxylic acids is 1. The largest absolute Gasteiger partial charge is 0.550 e. The van der Waals surface area contributed by atoms with Crippen LogP contribution in [-0.2, 0) is 19.1 Å². The second kappa shape index (κ2) is 14.6. The highest BCUT2D eigenvalue weighted by molar-refractivity contribution is 5.95. The Bertz CT molecular complexity index is 442. The molecule has 0 aliphatic carbocycles. The van der Waals surface area contributed by atoms with Crippen LogP contribution in [0.5, 0.6) is 0 Å². The van der Waals surface area contributed by atoms with Crippen LogP contribution in [0.15, 0.2) is 0 Å². The highest BCUT2D eigenvalue weighted by Crippen LogP contribution is 2.12. The lowest BCUT2D eigenvalue weighted by Crippen LogP contribution is -2.45. The minimum atomic E-state index is -1.26. The fourth-order valence-electron chi connectivity index (χ4n) is 3.05. The lowest BCUT2D eigenvalue weighted by Gasteiger charge is -2.29. The first kappa shape index (κ1) is 25.6. The molecule has 0 aliphatic rings. The molecule has 0 bridgehead atoms. The number of carbonyl (C=O) groups is 3. The van der Waals surface area contributed by atoms with Crippen molar-refractivity contribution in [1.29, 1.82) is 0 Å². The Labute approximate surface area is 164 Å². The van der Waals surface area contributed by atoms with Crippen molar-refractivity contribution in [2.45, 2.75) is 90.1 Å². The monoisotopic (exact) mass is 385 g/mol. The van der Waals surface area contributed by atoms with E-state index in [1.807, 2.05) is 21.1 Å². The number of unbranched alkanes of at least 4 members (excludes halogenated alkanes) is 8. The summed E-state index contributed by atoms with van der Waals surface area (Å²) in [4.78, 5) is 34.7. The van der Waals surface area contributed by atoms with Gasteiger partial charge in [0.05, 0.1) is 21.1 Å². The highest BCUT2D eigenvalue weighted by atomic mass is 16.5. The van der Waals surface area contributed by atoms with E-state index in [1.165, 1.54) is 38.5 Å². The van der Waals surface area contributed by atoms with E-state index in [1.54, 1.807) is 0 Å². The quantitative estimate of drug-likeness (QED) is 0.166. The Balaban J connectivity index is 3.94. The van der Waals surface area contributed by atoms with Crippen LogP contribution >= 0.6 is 0 Å². The third kappa shape index (κ3) is 17.7. The number of Topliss-reactive ketones (excluding diaryl/α,β-unsaturated/α-hetero) is 1. The second-order valence-electron chi connectivity index (χ2n) is 8.45. The maximum atomic E-state index is 11.9. The van der Waals surface area contributed by atoms with Gasteiger partial charge in [0, 0.05) is 18.8 Å². The Morgan fingerprint density at radius 3 is 1.89 bits per heavy atom. The zero-order valence-corrected chi connectivity index (χ0v) is 17.8. The number of esters is 1. The van der Waals surface area contributed by atoms with Gasteiger partial charge in [-0.2, -0.15) is 0 Å². The molecule has 0 aliphatic heterocycles. The first-order chi connectivity index (χ1) is 12.6. The van der Waals surface area contributed by atoms with Gasteiger partial charge in [-0.3, -0.25) is 9.59 Å². The number of carboxylic acid groups (broad SMARTS) is 1. The summed E-state index contributed by atoms with van der Waals surface area (Å²) in [5.41, 5.74) is 0. The van der Waals surface area contributed by atoms with Crippen LogP contribution in [0, 0.1) is 0 Å². The number of hydrogen-bond donors (Lipinski definition) is 0. The molecule has 0 saturated carbocycles. The van der Waals surface area contributed by atoms with Crippen molar-refractivity contribution in [3.63, 3.8) is 0 Å². The van der Waals surface area contributed by atoms with E-state index >= 15 is 0 Å². The number of aliphatic carboxylic acids is 1. The maximum absolute atomic E-state index is 11.9. The molecule has 0 fully saturated rings. The zero-order chi connectivity index (χ0) is 20.7. The molecule has 6 nitrogen and oxygen atoms in total. The standard InChI is InChI=1S/C21H39NO5/c1-5-6-7-8-9-10-11-12-13-14-18(23)15-21(26)27-19(16-20(24)25)17-22(2,3)4/h19H,5-17H2,1-4H3. The van der Waals surface area contributed by atoms with Crippen molar-refractivity contribution in [1.82, 2.24) is 0 Å². The number of rotatable bonds is 17.